The molecule has 1 atom stereocenters. The standard InChI is InChI=1S/C14H19ClN2O3/c1-4-9(2)17-7-10-5-11(15)14(12(6-10)19-3)20-8-13(16)18/h4-6,9,17H,1,7-8H2,2-3H3,(H2,16,18). The third-order valence-corrected chi connectivity index (χ3v) is 2.91. The number of carbonyl (C=O) groups is 1. The quantitative estimate of drug-likeness (QED) is 0.719. The number of ether oxygens (including phenoxy) is 2. The molecule has 0 heterocycles. The number of nitrogens with one attached hydrogen (secondary N) is 1. The van der Waals surface area contributed by atoms with Crippen LogP contribution in [0.3, 0.4) is 0 Å². The van der Waals surface area contributed by atoms with Crippen LogP contribution in [-0.4, -0.2) is 25.7 Å². The first-order valence-corrected chi connectivity index (χ1v) is 6.49. The second-order valence-electron chi connectivity index (χ2n) is 4.27. The number of hydrogen-bond donors (Lipinski definition) is 2. The molecular weight excluding hydrogens is 280 g/mol. The lowest BCUT2D eigenvalue weighted by Crippen LogP contribution is -2.23. The summed E-state index contributed by atoms with van der Waals surface area (Å²) in [5.74, 6) is 0.198. The van der Waals surface area contributed by atoms with Gasteiger partial charge in [-0.05, 0) is 24.6 Å². The number of hydrogen-bond acceptors (Lipinski definition) is 4. The molecule has 0 aromatic heterocycles. The van der Waals surface area contributed by atoms with Gasteiger partial charge in [0.1, 0.15) is 0 Å². The van der Waals surface area contributed by atoms with E-state index in [1.165, 1.54) is 7.11 Å². The highest BCUT2D eigenvalue weighted by Gasteiger charge is 2.13. The number of carbonyl (C=O) groups excluding carboxylic acids is 1. The van der Waals surface area contributed by atoms with Crippen LogP contribution in [0.15, 0.2) is 24.8 Å². The predicted molar refractivity (Wildman–Crippen MR) is 79.2 cm³/mol. The Morgan fingerprint density at radius 3 is 2.85 bits per heavy atom. The molecule has 0 radical (unpaired) electrons. The Morgan fingerprint density at radius 2 is 2.30 bits per heavy atom. The molecule has 6 heteroatoms. The molecule has 20 heavy (non-hydrogen) atoms. The van der Waals surface area contributed by atoms with Gasteiger partial charge < -0.3 is 20.5 Å². The smallest absolute Gasteiger partial charge is 0.255 e. The number of amides is 1. The highest BCUT2D eigenvalue weighted by Crippen LogP contribution is 2.36. The fraction of sp³-hybridized carbons (Fsp3) is 0.357. The third-order valence-electron chi connectivity index (χ3n) is 2.63. The van der Waals surface area contributed by atoms with Gasteiger partial charge in [0.05, 0.1) is 12.1 Å². The second kappa shape index (κ2) is 7.77. The van der Waals surface area contributed by atoms with Crippen molar-refractivity contribution >= 4 is 17.5 Å². The zero-order valence-corrected chi connectivity index (χ0v) is 12.4. The van der Waals surface area contributed by atoms with Crippen LogP contribution in [-0.2, 0) is 11.3 Å². The van der Waals surface area contributed by atoms with E-state index in [0.717, 1.165) is 5.56 Å². The van der Waals surface area contributed by atoms with Crippen molar-refractivity contribution in [2.75, 3.05) is 13.7 Å². The van der Waals surface area contributed by atoms with Crippen LogP contribution in [0.25, 0.3) is 0 Å². The molecule has 0 saturated carbocycles. The van der Waals surface area contributed by atoms with Crippen LogP contribution in [0.1, 0.15) is 12.5 Å². The molecule has 0 aliphatic carbocycles. The summed E-state index contributed by atoms with van der Waals surface area (Å²) in [5, 5.41) is 3.62. The summed E-state index contributed by atoms with van der Waals surface area (Å²) in [6.07, 6.45) is 1.81. The van der Waals surface area contributed by atoms with Gasteiger partial charge in [0, 0.05) is 12.6 Å². The number of rotatable bonds is 8. The number of nitrogens with two attached hydrogens (primary N) is 1. The van der Waals surface area contributed by atoms with Gasteiger partial charge in [0.25, 0.3) is 5.91 Å². The van der Waals surface area contributed by atoms with Crippen molar-refractivity contribution in [3.8, 4) is 11.5 Å². The Labute approximate surface area is 123 Å². The SMILES string of the molecule is C=CC(C)NCc1cc(Cl)c(OCC(N)=O)c(OC)c1. The minimum absolute atomic E-state index is 0.186. The summed E-state index contributed by atoms with van der Waals surface area (Å²) in [7, 11) is 1.51. The third kappa shape index (κ3) is 4.75. The Kier molecular flexibility index (Phi) is 6.35. The fourth-order valence-electron chi connectivity index (χ4n) is 1.52. The van der Waals surface area contributed by atoms with Gasteiger partial charge >= 0.3 is 0 Å². The Morgan fingerprint density at radius 1 is 1.60 bits per heavy atom. The average molecular weight is 299 g/mol. The first kappa shape index (κ1) is 16.3. The van der Waals surface area contributed by atoms with E-state index < -0.39 is 5.91 Å². The van der Waals surface area contributed by atoms with Gasteiger partial charge in [-0.25, -0.2) is 0 Å². The summed E-state index contributed by atoms with van der Waals surface area (Å²) in [6, 6.07) is 3.74. The summed E-state index contributed by atoms with van der Waals surface area (Å²) >= 11 is 6.14. The molecule has 1 rings (SSSR count). The molecule has 0 aliphatic rings. The number of primary amides is 1. The van der Waals surface area contributed by atoms with Crippen molar-refractivity contribution in [1.82, 2.24) is 5.32 Å². The molecule has 3 N–H and O–H groups in total. The Bertz CT molecular complexity index is 492. The zero-order chi connectivity index (χ0) is 15.1. The summed E-state index contributed by atoms with van der Waals surface area (Å²) in [6.45, 7) is 6.06. The van der Waals surface area contributed by atoms with Crippen molar-refractivity contribution in [2.24, 2.45) is 5.73 Å². The predicted octanol–water partition coefficient (Wildman–Crippen LogP) is 1.88. The highest BCUT2D eigenvalue weighted by molar-refractivity contribution is 6.32. The van der Waals surface area contributed by atoms with Gasteiger partial charge in [0.2, 0.25) is 0 Å². The van der Waals surface area contributed by atoms with Gasteiger partial charge in [0.15, 0.2) is 18.1 Å². The minimum Gasteiger partial charge on any atom is -0.493 e. The number of halogens is 1. The van der Waals surface area contributed by atoms with E-state index in [1.807, 2.05) is 13.0 Å². The van der Waals surface area contributed by atoms with Gasteiger partial charge in [-0.3, -0.25) is 4.79 Å². The molecule has 5 nitrogen and oxygen atoms in total. The highest BCUT2D eigenvalue weighted by atomic mass is 35.5. The molecule has 1 aromatic rings. The first-order chi connectivity index (χ1) is 9.47. The summed E-state index contributed by atoms with van der Waals surface area (Å²) < 4.78 is 10.5. The van der Waals surface area contributed by atoms with Crippen LogP contribution >= 0.6 is 11.6 Å². The Balaban J connectivity index is 2.88. The minimum atomic E-state index is -0.575. The number of methoxy groups -OCH3 is 1. The molecule has 1 amide bonds. The maximum absolute atomic E-state index is 10.8. The van der Waals surface area contributed by atoms with Gasteiger partial charge in [-0.1, -0.05) is 17.7 Å². The van der Waals surface area contributed by atoms with E-state index in [2.05, 4.69) is 11.9 Å². The monoisotopic (exact) mass is 298 g/mol. The zero-order valence-electron chi connectivity index (χ0n) is 11.6. The van der Waals surface area contributed by atoms with E-state index >= 15 is 0 Å². The second-order valence-corrected chi connectivity index (χ2v) is 4.68. The molecule has 0 aliphatic heterocycles. The Hall–Kier alpha value is -1.72. The molecular formula is C14H19ClN2O3. The topological polar surface area (TPSA) is 73.6 Å². The molecule has 0 fully saturated rings. The average Bonchev–Trinajstić information content (AvgIpc) is 2.42. The lowest BCUT2D eigenvalue weighted by molar-refractivity contribution is -0.119. The van der Waals surface area contributed by atoms with E-state index in [-0.39, 0.29) is 12.6 Å². The maximum Gasteiger partial charge on any atom is 0.255 e. The molecule has 0 spiro atoms. The number of benzene rings is 1. The van der Waals surface area contributed by atoms with Crippen molar-refractivity contribution in [2.45, 2.75) is 19.5 Å². The summed E-state index contributed by atoms with van der Waals surface area (Å²) in [5.41, 5.74) is 5.98. The molecule has 0 saturated heterocycles. The van der Waals surface area contributed by atoms with Crippen molar-refractivity contribution < 1.29 is 14.3 Å². The van der Waals surface area contributed by atoms with Crippen molar-refractivity contribution in [3.63, 3.8) is 0 Å². The van der Waals surface area contributed by atoms with Crippen LogP contribution < -0.4 is 20.5 Å². The van der Waals surface area contributed by atoms with Gasteiger partial charge in [-0.2, -0.15) is 0 Å². The van der Waals surface area contributed by atoms with Crippen LogP contribution in [0.5, 0.6) is 11.5 Å². The van der Waals surface area contributed by atoms with Crippen molar-refractivity contribution in [3.05, 3.63) is 35.4 Å². The van der Waals surface area contributed by atoms with E-state index in [1.54, 1.807) is 12.1 Å². The summed E-state index contributed by atoms with van der Waals surface area (Å²) in [4.78, 5) is 10.8. The van der Waals surface area contributed by atoms with Crippen LogP contribution in [0.2, 0.25) is 5.02 Å². The van der Waals surface area contributed by atoms with Crippen molar-refractivity contribution in [1.29, 1.82) is 0 Å². The maximum atomic E-state index is 10.8. The fourth-order valence-corrected chi connectivity index (χ4v) is 1.81. The van der Waals surface area contributed by atoms with Crippen LogP contribution in [0.4, 0.5) is 0 Å². The van der Waals surface area contributed by atoms with E-state index in [9.17, 15) is 4.79 Å². The molecule has 110 valence electrons. The van der Waals surface area contributed by atoms with E-state index in [4.69, 9.17) is 26.8 Å². The molecule has 1 aromatic carbocycles. The normalized spacial score (nSPS) is 11.8. The largest absolute Gasteiger partial charge is 0.493 e. The molecule has 0 bridgehead atoms. The lowest BCUT2D eigenvalue weighted by atomic mass is 10.2. The van der Waals surface area contributed by atoms with Gasteiger partial charge in [-0.15, -0.1) is 6.58 Å². The molecule has 1 unspecified atom stereocenters. The lowest BCUT2D eigenvalue weighted by Gasteiger charge is -2.14. The first-order valence-electron chi connectivity index (χ1n) is 6.11. The van der Waals surface area contributed by atoms with E-state index in [0.29, 0.717) is 23.1 Å². The van der Waals surface area contributed by atoms with Crippen LogP contribution in [0, 0.1) is 0 Å².